The van der Waals surface area contributed by atoms with Gasteiger partial charge in [-0.1, -0.05) is 39.8 Å². The topological polar surface area (TPSA) is 113 Å². The van der Waals surface area contributed by atoms with Gasteiger partial charge < -0.3 is 19.6 Å². The highest BCUT2D eigenvalue weighted by Gasteiger charge is 2.46. The molecule has 0 saturated carbocycles. The molecule has 1 amide bonds. The average molecular weight is 510 g/mol. The molecule has 3 rings (SSSR count). The molecule has 1 aliphatic heterocycles. The maximum atomic E-state index is 13.3. The number of ether oxygens (including phenoxy) is 1. The minimum Gasteiger partial charge on any atom is -0.507 e. The molecular weight excluding hydrogens is 474 g/mol. The van der Waals surface area contributed by atoms with Gasteiger partial charge in [-0.2, -0.15) is 0 Å². The molecule has 1 aliphatic rings. The molecular formula is C28H35N3O6. The van der Waals surface area contributed by atoms with E-state index in [0.29, 0.717) is 41.5 Å². The smallest absolute Gasteiger partial charge is 0.295 e. The molecule has 1 fully saturated rings. The van der Waals surface area contributed by atoms with Crippen LogP contribution in [0.1, 0.15) is 50.4 Å². The Morgan fingerprint density at radius 3 is 2.46 bits per heavy atom. The van der Waals surface area contributed by atoms with Crippen LogP contribution in [0.5, 0.6) is 5.75 Å². The van der Waals surface area contributed by atoms with E-state index in [1.54, 1.807) is 31.2 Å². The zero-order valence-corrected chi connectivity index (χ0v) is 22.1. The summed E-state index contributed by atoms with van der Waals surface area (Å²) in [5, 5.41) is 22.8. The third-order valence-electron chi connectivity index (χ3n) is 6.52. The standard InChI is InChI=1S/C28H35N3O6/c1-6-29(7-2)13-14-30-25(20-9-8-10-21(16-20)31(35)36)24(27(33)28(30)34)26(32)23-12-11-22(15-19(23)5)37-17-18(3)4/h8-12,15-16,18,25,32H,6-7,13-14,17H2,1-5H3/b26-24+/t25-/m0/s1. The fraction of sp³-hybridized carbons (Fsp3) is 0.429. The van der Waals surface area contributed by atoms with Crippen molar-refractivity contribution >= 4 is 23.1 Å². The first-order valence-electron chi connectivity index (χ1n) is 12.6. The summed E-state index contributed by atoms with van der Waals surface area (Å²) in [4.78, 5) is 40.9. The summed E-state index contributed by atoms with van der Waals surface area (Å²) in [5.41, 5.74) is 1.22. The predicted octanol–water partition coefficient (Wildman–Crippen LogP) is 4.70. The van der Waals surface area contributed by atoms with Gasteiger partial charge in [0.1, 0.15) is 11.5 Å². The van der Waals surface area contributed by atoms with Gasteiger partial charge >= 0.3 is 0 Å². The SMILES string of the molecule is CCN(CC)CCN1C(=O)C(=O)/C(=C(/O)c2ccc(OCC(C)C)cc2C)[C@@H]1c1cccc([N+](=O)[O-])c1. The monoisotopic (exact) mass is 509 g/mol. The first kappa shape index (κ1) is 27.9. The molecule has 198 valence electrons. The summed E-state index contributed by atoms with van der Waals surface area (Å²) < 4.78 is 5.77. The number of non-ortho nitro benzene ring substituents is 1. The average Bonchev–Trinajstić information content (AvgIpc) is 3.12. The number of likely N-dealkylation sites (tertiary alicyclic amines) is 1. The van der Waals surface area contributed by atoms with Crippen LogP contribution in [0.2, 0.25) is 0 Å². The lowest BCUT2D eigenvalue weighted by Crippen LogP contribution is -2.38. The Labute approximate surface area is 217 Å². The van der Waals surface area contributed by atoms with Gasteiger partial charge in [0.25, 0.3) is 17.4 Å². The molecule has 1 saturated heterocycles. The Morgan fingerprint density at radius 1 is 1.16 bits per heavy atom. The van der Waals surface area contributed by atoms with Crippen LogP contribution >= 0.6 is 0 Å². The zero-order valence-electron chi connectivity index (χ0n) is 22.1. The van der Waals surface area contributed by atoms with E-state index in [4.69, 9.17) is 4.74 Å². The van der Waals surface area contributed by atoms with Gasteiger partial charge in [0, 0.05) is 30.8 Å². The van der Waals surface area contributed by atoms with Crippen LogP contribution in [0.15, 0.2) is 48.0 Å². The van der Waals surface area contributed by atoms with Crippen molar-refractivity contribution in [1.82, 2.24) is 9.80 Å². The second kappa shape index (κ2) is 12.0. The van der Waals surface area contributed by atoms with Gasteiger partial charge in [-0.05, 0) is 55.3 Å². The maximum absolute atomic E-state index is 13.3. The van der Waals surface area contributed by atoms with E-state index in [0.717, 1.165) is 13.1 Å². The number of aliphatic hydroxyl groups is 1. The summed E-state index contributed by atoms with van der Waals surface area (Å²) in [7, 11) is 0. The van der Waals surface area contributed by atoms with Gasteiger partial charge in [-0.3, -0.25) is 19.7 Å². The Balaban J connectivity index is 2.11. The van der Waals surface area contributed by atoms with E-state index in [-0.39, 0.29) is 23.6 Å². The van der Waals surface area contributed by atoms with Gasteiger partial charge in [-0.15, -0.1) is 0 Å². The normalized spacial score (nSPS) is 17.2. The first-order valence-corrected chi connectivity index (χ1v) is 12.6. The predicted molar refractivity (Wildman–Crippen MR) is 141 cm³/mol. The summed E-state index contributed by atoms with van der Waals surface area (Å²) in [5.74, 6) is -0.880. The number of nitrogens with zero attached hydrogens (tertiary/aromatic N) is 3. The lowest BCUT2D eigenvalue weighted by Gasteiger charge is -2.28. The molecule has 9 nitrogen and oxygen atoms in total. The Kier molecular flexibility index (Phi) is 9.04. The Morgan fingerprint density at radius 2 is 1.86 bits per heavy atom. The van der Waals surface area contributed by atoms with Crippen molar-refractivity contribution in [3.63, 3.8) is 0 Å². The van der Waals surface area contributed by atoms with E-state index >= 15 is 0 Å². The fourth-order valence-electron chi connectivity index (χ4n) is 4.45. The largest absolute Gasteiger partial charge is 0.507 e. The number of nitro groups is 1. The van der Waals surface area contributed by atoms with Crippen molar-refractivity contribution in [2.24, 2.45) is 5.92 Å². The maximum Gasteiger partial charge on any atom is 0.295 e. The molecule has 0 unspecified atom stereocenters. The highest BCUT2D eigenvalue weighted by Crippen LogP contribution is 2.40. The second-order valence-electron chi connectivity index (χ2n) is 9.55. The molecule has 2 aromatic rings. The quantitative estimate of drug-likeness (QED) is 0.154. The molecule has 0 radical (unpaired) electrons. The highest BCUT2D eigenvalue weighted by atomic mass is 16.6. The number of likely N-dealkylation sites (N-methyl/N-ethyl adjacent to an activating group) is 1. The number of amides is 1. The Bertz CT molecular complexity index is 1200. The van der Waals surface area contributed by atoms with Crippen LogP contribution in [0.3, 0.4) is 0 Å². The summed E-state index contributed by atoms with van der Waals surface area (Å²) >= 11 is 0. The summed E-state index contributed by atoms with van der Waals surface area (Å²) in [6.07, 6.45) is 0. The van der Waals surface area contributed by atoms with Gasteiger partial charge in [0.15, 0.2) is 0 Å². The molecule has 0 spiro atoms. The van der Waals surface area contributed by atoms with E-state index < -0.39 is 22.7 Å². The van der Waals surface area contributed by atoms with Crippen molar-refractivity contribution < 1.29 is 24.4 Å². The van der Waals surface area contributed by atoms with Gasteiger partial charge in [-0.25, -0.2) is 0 Å². The number of Topliss-reactive ketones (excluding diaryl/α,β-unsaturated/α-hetero) is 1. The van der Waals surface area contributed by atoms with Crippen molar-refractivity contribution in [3.05, 3.63) is 74.8 Å². The van der Waals surface area contributed by atoms with Crippen molar-refractivity contribution in [2.45, 2.75) is 40.7 Å². The lowest BCUT2D eigenvalue weighted by molar-refractivity contribution is -0.384. The summed E-state index contributed by atoms with van der Waals surface area (Å²) in [6.45, 7) is 12.7. The molecule has 1 N–H and O–H groups in total. The van der Waals surface area contributed by atoms with Crippen LogP contribution in [-0.2, 0) is 9.59 Å². The number of aliphatic hydroxyl groups excluding tert-OH is 1. The highest BCUT2D eigenvalue weighted by molar-refractivity contribution is 6.46. The number of nitro benzene ring substituents is 1. The third-order valence-corrected chi connectivity index (χ3v) is 6.52. The number of hydrogen-bond acceptors (Lipinski definition) is 7. The van der Waals surface area contributed by atoms with E-state index in [1.807, 2.05) is 27.7 Å². The van der Waals surface area contributed by atoms with Crippen molar-refractivity contribution in [2.75, 3.05) is 32.8 Å². The third kappa shape index (κ3) is 6.17. The number of aryl methyl sites for hydroxylation is 1. The summed E-state index contributed by atoms with van der Waals surface area (Å²) in [6, 6.07) is 10.1. The number of carbonyl (C=O) groups is 2. The van der Waals surface area contributed by atoms with Crippen LogP contribution in [0.4, 0.5) is 5.69 Å². The number of benzene rings is 2. The minimum atomic E-state index is -0.952. The molecule has 1 heterocycles. The fourth-order valence-corrected chi connectivity index (χ4v) is 4.45. The van der Waals surface area contributed by atoms with Crippen LogP contribution < -0.4 is 4.74 Å². The Hall–Kier alpha value is -3.72. The van der Waals surface area contributed by atoms with Gasteiger partial charge in [0.2, 0.25) is 0 Å². The number of ketones is 1. The van der Waals surface area contributed by atoms with E-state index in [2.05, 4.69) is 4.90 Å². The molecule has 2 aromatic carbocycles. The number of hydrogen-bond donors (Lipinski definition) is 1. The van der Waals surface area contributed by atoms with E-state index in [9.17, 15) is 24.8 Å². The first-order chi connectivity index (χ1) is 17.6. The molecule has 1 atom stereocenters. The molecule has 0 aliphatic carbocycles. The molecule has 37 heavy (non-hydrogen) atoms. The van der Waals surface area contributed by atoms with Crippen LogP contribution in [0, 0.1) is 23.0 Å². The van der Waals surface area contributed by atoms with Crippen molar-refractivity contribution in [3.8, 4) is 5.75 Å². The molecule has 0 aromatic heterocycles. The van der Waals surface area contributed by atoms with Crippen LogP contribution in [-0.4, -0.2) is 64.3 Å². The number of carbonyl (C=O) groups excluding carboxylic acids is 2. The second-order valence-corrected chi connectivity index (χ2v) is 9.55. The molecule has 9 heteroatoms. The van der Waals surface area contributed by atoms with Gasteiger partial charge in [0.05, 0.1) is 23.1 Å². The number of rotatable bonds is 11. The van der Waals surface area contributed by atoms with Crippen LogP contribution in [0.25, 0.3) is 5.76 Å². The van der Waals surface area contributed by atoms with Crippen molar-refractivity contribution in [1.29, 1.82) is 0 Å². The minimum absolute atomic E-state index is 0.0796. The van der Waals surface area contributed by atoms with E-state index in [1.165, 1.54) is 23.1 Å². The zero-order chi connectivity index (χ0) is 27.3. The lowest BCUT2D eigenvalue weighted by atomic mass is 9.93. The molecule has 0 bridgehead atoms.